The van der Waals surface area contributed by atoms with Crippen LogP contribution in [0.2, 0.25) is 0 Å². The molecule has 2 heterocycles. The normalized spacial score (nSPS) is 12.2. The minimum Gasteiger partial charge on any atom is -0.495 e. The summed E-state index contributed by atoms with van der Waals surface area (Å²) in [7, 11) is -2.59. The standard InChI is InChI=1S/C22H22F3N5O4S/c1-14-9-21(28-34-14)29-35(31,32)18-6-7-19(20(11-18)33-3)27-8-4-5-17-10-16(12-26)15(2)30(17)13-22(23,24)25/h6-7,9-12,27H,2,8,13,26H2,1,3H3,(H,28,29)/b16-12+. The average Bonchev–Trinajstić information content (AvgIpc) is 3.32. The number of anilines is 2. The van der Waals surface area contributed by atoms with Gasteiger partial charge >= 0.3 is 6.18 Å². The van der Waals surface area contributed by atoms with Crippen molar-refractivity contribution in [1.29, 1.82) is 0 Å². The maximum absolute atomic E-state index is 12.9. The van der Waals surface area contributed by atoms with Gasteiger partial charge in [0, 0.05) is 28.9 Å². The molecule has 0 aliphatic rings. The first kappa shape index (κ1) is 25.6. The van der Waals surface area contributed by atoms with Gasteiger partial charge < -0.3 is 24.9 Å². The van der Waals surface area contributed by atoms with E-state index in [9.17, 15) is 21.6 Å². The number of hydrogen-bond acceptors (Lipinski definition) is 7. The topological polar surface area (TPSA) is 124 Å². The van der Waals surface area contributed by atoms with Gasteiger partial charge in [0.25, 0.3) is 10.0 Å². The Kier molecular flexibility index (Phi) is 7.35. The lowest BCUT2D eigenvalue weighted by Gasteiger charge is -2.12. The zero-order chi connectivity index (χ0) is 25.8. The zero-order valence-corrected chi connectivity index (χ0v) is 19.5. The summed E-state index contributed by atoms with van der Waals surface area (Å²) in [5.74, 6) is 6.10. The van der Waals surface area contributed by atoms with Crippen molar-refractivity contribution < 1.29 is 30.8 Å². The van der Waals surface area contributed by atoms with Crippen LogP contribution < -0.4 is 31.1 Å². The molecule has 13 heteroatoms. The second-order valence-corrected chi connectivity index (χ2v) is 8.93. The number of hydrogen-bond donors (Lipinski definition) is 3. The number of sulfonamides is 1. The summed E-state index contributed by atoms with van der Waals surface area (Å²) < 4.78 is 77.3. The van der Waals surface area contributed by atoms with E-state index in [1.807, 2.05) is 0 Å². The molecule has 9 nitrogen and oxygen atoms in total. The predicted octanol–water partition coefficient (Wildman–Crippen LogP) is 1.73. The highest BCUT2D eigenvalue weighted by atomic mass is 32.2. The molecule has 0 fully saturated rings. The number of nitrogens with two attached hydrogens (primary N) is 1. The minimum absolute atomic E-state index is 0.0320. The summed E-state index contributed by atoms with van der Waals surface area (Å²) in [6.45, 7) is 4.05. The van der Waals surface area contributed by atoms with E-state index in [2.05, 4.69) is 33.6 Å². The number of methoxy groups -OCH3 is 1. The number of aryl methyl sites for hydroxylation is 1. The number of benzene rings is 1. The maximum Gasteiger partial charge on any atom is 0.406 e. The van der Waals surface area contributed by atoms with E-state index in [4.69, 9.17) is 15.0 Å². The van der Waals surface area contributed by atoms with Gasteiger partial charge in [-0.25, -0.2) is 8.42 Å². The van der Waals surface area contributed by atoms with E-state index < -0.39 is 22.7 Å². The Morgan fingerprint density at radius 3 is 2.66 bits per heavy atom. The van der Waals surface area contributed by atoms with Crippen LogP contribution in [0.25, 0.3) is 12.8 Å². The minimum atomic E-state index is -4.46. The Bertz CT molecular complexity index is 1500. The van der Waals surface area contributed by atoms with Gasteiger partial charge in [-0.15, -0.1) is 0 Å². The van der Waals surface area contributed by atoms with Crippen LogP contribution in [0.5, 0.6) is 5.75 Å². The summed E-state index contributed by atoms with van der Waals surface area (Å²) in [5.41, 5.74) is 5.99. The van der Waals surface area contributed by atoms with Crippen LogP contribution >= 0.6 is 0 Å². The van der Waals surface area contributed by atoms with Gasteiger partial charge in [-0.1, -0.05) is 17.7 Å². The molecule has 2 aromatic heterocycles. The third-order valence-electron chi connectivity index (χ3n) is 4.69. The third-order valence-corrected chi connectivity index (χ3v) is 6.05. The molecule has 3 rings (SSSR count). The quantitative estimate of drug-likeness (QED) is 0.415. The van der Waals surface area contributed by atoms with Gasteiger partial charge in [0.15, 0.2) is 5.82 Å². The molecular formula is C22H22F3N5O4S. The third kappa shape index (κ3) is 6.30. The predicted molar refractivity (Wildman–Crippen MR) is 124 cm³/mol. The van der Waals surface area contributed by atoms with E-state index in [-0.39, 0.29) is 34.1 Å². The van der Waals surface area contributed by atoms with Crippen LogP contribution in [0.1, 0.15) is 11.5 Å². The van der Waals surface area contributed by atoms with E-state index in [1.165, 1.54) is 37.4 Å². The summed E-state index contributed by atoms with van der Waals surface area (Å²) in [5, 5.41) is 7.00. The van der Waals surface area contributed by atoms with Crippen molar-refractivity contribution in [3.8, 4) is 17.6 Å². The average molecular weight is 510 g/mol. The number of ether oxygens (including phenoxy) is 1. The van der Waals surface area contributed by atoms with Crippen molar-refractivity contribution >= 4 is 34.3 Å². The maximum atomic E-state index is 12.9. The van der Waals surface area contributed by atoms with Crippen molar-refractivity contribution in [2.75, 3.05) is 23.7 Å². The number of alkyl halides is 3. The van der Waals surface area contributed by atoms with Crippen LogP contribution in [0, 0.1) is 18.8 Å². The lowest BCUT2D eigenvalue weighted by Crippen LogP contribution is -2.33. The Morgan fingerprint density at radius 1 is 1.31 bits per heavy atom. The van der Waals surface area contributed by atoms with Crippen molar-refractivity contribution in [1.82, 2.24) is 9.72 Å². The highest BCUT2D eigenvalue weighted by molar-refractivity contribution is 7.92. The molecule has 0 aliphatic carbocycles. The fourth-order valence-corrected chi connectivity index (χ4v) is 4.09. The number of aromatic nitrogens is 2. The van der Waals surface area contributed by atoms with Gasteiger partial charge in [-0.05, 0) is 31.0 Å². The SMILES string of the molecule is C=c1/c(=C/N)cc(C#CCNc2ccc(S(=O)(=O)Nc3cc(C)on3)cc2OC)n1CC(F)(F)F. The Hall–Kier alpha value is -4.05. The van der Waals surface area contributed by atoms with Crippen molar-refractivity contribution in [3.05, 3.63) is 52.4 Å². The summed E-state index contributed by atoms with van der Waals surface area (Å²) in [6, 6.07) is 6.98. The number of halogens is 3. The van der Waals surface area contributed by atoms with E-state index in [1.54, 1.807) is 6.92 Å². The van der Waals surface area contributed by atoms with Gasteiger partial charge in [0.1, 0.15) is 18.1 Å². The van der Waals surface area contributed by atoms with E-state index in [0.717, 1.165) is 10.8 Å². The zero-order valence-electron chi connectivity index (χ0n) is 18.7. The molecule has 0 bridgehead atoms. The largest absolute Gasteiger partial charge is 0.495 e. The van der Waals surface area contributed by atoms with Gasteiger partial charge in [-0.3, -0.25) is 4.72 Å². The Labute approximate surface area is 199 Å². The molecule has 0 atom stereocenters. The van der Waals surface area contributed by atoms with Crippen molar-refractivity contribution in [2.24, 2.45) is 5.73 Å². The number of rotatable bonds is 7. The molecule has 4 N–H and O–H groups in total. The number of nitrogens with one attached hydrogen (secondary N) is 2. The fraction of sp³-hybridized carbons (Fsp3) is 0.227. The molecule has 35 heavy (non-hydrogen) atoms. The first-order chi connectivity index (χ1) is 16.4. The molecule has 0 spiro atoms. The highest BCUT2D eigenvalue weighted by Crippen LogP contribution is 2.28. The molecule has 0 aliphatic heterocycles. The molecule has 0 amide bonds. The second-order valence-electron chi connectivity index (χ2n) is 7.25. The smallest absolute Gasteiger partial charge is 0.406 e. The molecule has 0 radical (unpaired) electrons. The van der Waals surface area contributed by atoms with Gasteiger partial charge in [0.2, 0.25) is 0 Å². The molecule has 1 aromatic carbocycles. The van der Waals surface area contributed by atoms with E-state index >= 15 is 0 Å². The molecule has 3 aromatic rings. The Balaban J connectivity index is 1.77. The lowest BCUT2D eigenvalue weighted by molar-refractivity contribution is -0.141. The van der Waals surface area contributed by atoms with Crippen LogP contribution in [-0.2, 0) is 16.6 Å². The molecule has 186 valence electrons. The fourth-order valence-electron chi connectivity index (χ4n) is 3.09. The summed E-state index contributed by atoms with van der Waals surface area (Å²) in [4.78, 5) is -0.0786. The first-order valence-electron chi connectivity index (χ1n) is 9.97. The second kappa shape index (κ2) is 10.1. The summed E-state index contributed by atoms with van der Waals surface area (Å²) >= 11 is 0. The molecule has 0 unspecified atom stereocenters. The van der Waals surface area contributed by atoms with Crippen molar-refractivity contribution in [3.63, 3.8) is 0 Å². The monoisotopic (exact) mass is 509 g/mol. The number of nitrogens with zero attached hydrogens (tertiary/aromatic N) is 2. The lowest BCUT2D eigenvalue weighted by atomic mass is 10.3. The van der Waals surface area contributed by atoms with Crippen LogP contribution in [0.4, 0.5) is 24.7 Å². The van der Waals surface area contributed by atoms with E-state index in [0.29, 0.717) is 16.7 Å². The molecular weight excluding hydrogens is 487 g/mol. The van der Waals surface area contributed by atoms with Gasteiger partial charge in [-0.2, -0.15) is 13.2 Å². The molecule has 0 saturated heterocycles. The highest BCUT2D eigenvalue weighted by Gasteiger charge is 2.29. The van der Waals surface area contributed by atoms with Crippen LogP contribution in [0.3, 0.4) is 0 Å². The van der Waals surface area contributed by atoms with Crippen molar-refractivity contribution in [2.45, 2.75) is 24.5 Å². The Morgan fingerprint density at radius 2 is 2.06 bits per heavy atom. The van der Waals surface area contributed by atoms with Crippen LogP contribution in [0.15, 0.2) is 39.8 Å². The molecule has 0 saturated carbocycles. The van der Waals surface area contributed by atoms with Gasteiger partial charge in [0.05, 0.1) is 29.9 Å². The van der Waals surface area contributed by atoms with Crippen LogP contribution in [-0.4, -0.2) is 38.0 Å². The summed E-state index contributed by atoms with van der Waals surface area (Å²) in [6.07, 6.45) is -3.29. The first-order valence-corrected chi connectivity index (χ1v) is 11.5.